The summed E-state index contributed by atoms with van der Waals surface area (Å²) in [5, 5.41) is 9.55. The monoisotopic (exact) mass is 428 g/mol. The number of benzene rings is 1. The molecule has 0 atom stereocenters. The minimum Gasteiger partial charge on any atom is -0.479 e. The van der Waals surface area contributed by atoms with Gasteiger partial charge in [0.2, 0.25) is 11.8 Å². The van der Waals surface area contributed by atoms with Crippen LogP contribution in [0.5, 0.6) is 5.88 Å². The lowest BCUT2D eigenvalue weighted by molar-refractivity contribution is -0.120. The minimum atomic E-state index is -0.276. The van der Waals surface area contributed by atoms with Crippen molar-refractivity contribution in [2.45, 2.75) is 0 Å². The Morgan fingerprint density at radius 2 is 1.77 bits per heavy atom. The van der Waals surface area contributed by atoms with Gasteiger partial charge >= 0.3 is 0 Å². The topological polar surface area (TPSA) is 109 Å². The molecule has 3 amide bonds. The average Bonchev–Trinajstić information content (AvgIpc) is 3.18. The Morgan fingerprint density at radius 1 is 1.06 bits per heavy atom. The van der Waals surface area contributed by atoms with Gasteiger partial charge in [-0.15, -0.1) is 5.10 Å². The van der Waals surface area contributed by atoms with E-state index < -0.39 is 0 Å². The highest BCUT2D eigenvalue weighted by Gasteiger charge is 2.26. The van der Waals surface area contributed by atoms with Crippen molar-refractivity contribution in [2.75, 3.05) is 52.9 Å². The van der Waals surface area contributed by atoms with E-state index in [9.17, 15) is 14.4 Å². The molecule has 3 rings (SSSR count). The number of piperazine rings is 1. The second kappa shape index (κ2) is 10.6. The van der Waals surface area contributed by atoms with Gasteiger partial charge in [0.15, 0.2) is 0 Å². The number of rotatable bonds is 8. The molecule has 2 heterocycles. The van der Waals surface area contributed by atoms with Gasteiger partial charge in [-0.25, -0.2) is 0 Å². The third-order valence-electron chi connectivity index (χ3n) is 5.07. The molecule has 1 aromatic carbocycles. The van der Waals surface area contributed by atoms with Gasteiger partial charge in [-0.1, -0.05) is 18.2 Å². The van der Waals surface area contributed by atoms with Crippen molar-refractivity contribution in [3.8, 4) is 5.88 Å². The number of nitrogens with zero attached hydrogens (tertiary/aromatic N) is 4. The Hall–Kier alpha value is -3.40. The zero-order chi connectivity index (χ0) is 22.2. The first-order valence-electron chi connectivity index (χ1n) is 10.2. The van der Waals surface area contributed by atoms with E-state index in [-0.39, 0.29) is 24.3 Å². The van der Waals surface area contributed by atoms with E-state index in [1.807, 2.05) is 6.07 Å². The number of hydrogen-bond acceptors (Lipinski definition) is 6. The van der Waals surface area contributed by atoms with Gasteiger partial charge in [0, 0.05) is 58.1 Å². The standard InChI is InChI=1S/C21H28N6O4/c1-25-15-17(20(24-25)31-2)21(30)27-12-10-26(11-13-27)9-8-22-18(28)14-23-19(29)16-6-4-3-5-7-16/h3-7,15H,8-14H2,1-2H3,(H,22,28)(H,23,29). The lowest BCUT2D eigenvalue weighted by Crippen LogP contribution is -2.50. The lowest BCUT2D eigenvalue weighted by atomic mass is 10.2. The predicted octanol–water partition coefficient (Wildman–Crippen LogP) is -0.267. The van der Waals surface area contributed by atoms with Crippen molar-refractivity contribution in [2.24, 2.45) is 7.05 Å². The highest BCUT2D eigenvalue weighted by molar-refractivity contribution is 5.97. The summed E-state index contributed by atoms with van der Waals surface area (Å²) in [7, 11) is 3.25. The maximum Gasteiger partial charge on any atom is 0.261 e. The first kappa shape index (κ1) is 22.3. The van der Waals surface area contributed by atoms with E-state index in [0.29, 0.717) is 43.2 Å². The van der Waals surface area contributed by atoms with Gasteiger partial charge in [0.05, 0.1) is 13.7 Å². The van der Waals surface area contributed by atoms with Gasteiger partial charge in [-0.3, -0.25) is 24.0 Å². The number of carbonyl (C=O) groups excluding carboxylic acids is 3. The molecule has 1 aliphatic heterocycles. The summed E-state index contributed by atoms with van der Waals surface area (Å²) in [6.45, 7) is 3.71. The van der Waals surface area contributed by atoms with Crippen LogP contribution in [0.2, 0.25) is 0 Å². The molecule has 10 nitrogen and oxygen atoms in total. The normalized spacial score (nSPS) is 14.2. The molecule has 2 aromatic rings. The Balaban J connectivity index is 1.34. The second-order valence-corrected chi connectivity index (χ2v) is 7.26. The van der Waals surface area contributed by atoms with Crippen LogP contribution in [-0.2, 0) is 11.8 Å². The van der Waals surface area contributed by atoms with Crippen LogP contribution in [0.4, 0.5) is 0 Å². The van der Waals surface area contributed by atoms with Crippen LogP contribution >= 0.6 is 0 Å². The van der Waals surface area contributed by atoms with Crippen molar-refractivity contribution in [1.29, 1.82) is 0 Å². The smallest absolute Gasteiger partial charge is 0.261 e. The van der Waals surface area contributed by atoms with Crippen LogP contribution in [-0.4, -0.2) is 90.2 Å². The Kier molecular flexibility index (Phi) is 7.60. The molecule has 1 aromatic heterocycles. The molecule has 1 saturated heterocycles. The molecule has 0 spiro atoms. The number of ether oxygens (including phenoxy) is 1. The van der Waals surface area contributed by atoms with Gasteiger partial charge in [-0.2, -0.15) is 0 Å². The molecule has 2 N–H and O–H groups in total. The number of hydrogen-bond donors (Lipinski definition) is 2. The molecule has 1 aliphatic rings. The summed E-state index contributed by atoms with van der Waals surface area (Å²) in [6.07, 6.45) is 1.67. The lowest BCUT2D eigenvalue weighted by Gasteiger charge is -2.34. The Labute approximate surface area is 181 Å². The van der Waals surface area contributed by atoms with Crippen molar-refractivity contribution in [1.82, 2.24) is 30.2 Å². The molecule has 0 saturated carbocycles. The van der Waals surface area contributed by atoms with E-state index in [4.69, 9.17) is 4.74 Å². The van der Waals surface area contributed by atoms with Gasteiger partial charge in [0.25, 0.3) is 11.8 Å². The summed E-state index contributed by atoms with van der Waals surface area (Å²) < 4.78 is 6.74. The Morgan fingerprint density at radius 3 is 2.45 bits per heavy atom. The van der Waals surface area contributed by atoms with Crippen molar-refractivity contribution in [3.63, 3.8) is 0 Å². The first-order chi connectivity index (χ1) is 15.0. The van der Waals surface area contributed by atoms with E-state index in [0.717, 1.165) is 13.1 Å². The molecule has 10 heteroatoms. The molecular weight excluding hydrogens is 400 g/mol. The van der Waals surface area contributed by atoms with Crippen LogP contribution in [0.1, 0.15) is 20.7 Å². The molecule has 31 heavy (non-hydrogen) atoms. The van der Waals surface area contributed by atoms with Gasteiger partial charge in [-0.05, 0) is 12.1 Å². The summed E-state index contributed by atoms with van der Waals surface area (Å²) in [5.41, 5.74) is 0.981. The van der Waals surface area contributed by atoms with E-state index >= 15 is 0 Å². The maximum atomic E-state index is 12.7. The molecule has 0 radical (unpaired) electrons. The predicted molar refractivity (Wildman–Crippen MR) is 114 cm³/mol. The fourth-order valence-corrected chi connectivity index (χ4v) is 3.38. The molecule has 1 fully saturated rings. The highest BCUT2D eigenvalue weighted by atomic mass is 16.5. The zero-order valence-corrected chi connectivity index (χ0v) is 17.8. The molecular formula is C21H28N6O4. The number of carbonyl (C=O) groups is 3. The summed E-state index contributed by atoms with van der Waals surface area (Å²) >= 11 is 0. The average molecular weight is 428 g/mol. The quantitative estimate of drug-likeness (QED) is 0.599. The van der Waals surface area contributed by atoms with Crippen LogP contribution in [0, 0.1) is 0 Å². The minimum absolute atomic E-state index is 0.0665. The SMILES string of the molecule is COc1nn(C)cc1C(=O)N1CCN(CCNC(=O)CNC(=O)c2ccccc2)CC1. The van der Waals surface area contributed by atoms with E-state index in [1.54, 1.807) is 47.1 Å². The zero-order valence-electron chi connectivity index (χ0n) is 17.8. The fraction of sp³-hybridized carbons (Fsp3) is 0.429. The van der Waals surface area contributed by atoms with Gasteiger partial charge in [0.1, 0.15) is 5.56 Å². The summed E-state index contributed by atoms with van der Waals surface area (Å²) in [6, 6.07) is 8.77. The third-order valence-corrected chi connectivity index (χ3v) is 5.07. The fourth-order valence-electron chi connectivity index (χ4n) is 3.38. The van der Waals surface area contributed by atoms with Crippen LogP contribution in [0.25, 0.3) is 0 Å². The number of nitrogens with one attached hydrogen (secondary N) is 2. The van der Waals surface area contributed by atoms with Crippen LogP contribution in [0.3, 0.4) is 0 Å². The number of aromatic nitrogens is 2. The van der Waals surface area contributed by atoms with Crippen molar-refractivity contribution in [3.05, 3.63) is 47.7 Å². The third kappa shape index (κ3) is 6.05. The second-order valence-electron chi connectivity index (χ2n) is 7.26. The Bertz CT molecular complexity index is 906. The number of amides is 3. The summed E-state index contributed by atoms with van der Waals surface area (Å²) in [4.78, 5) is 40.6. The summed E-state index contributed by atoms with van der Waals surface area (Å²) in [5.74, 6) is -0.271. The number of aryl methyl sites for hydroxylation is 1. The van der Waals surface area contributed by atoms with E-state index in [2.05, 4.69) is 20.6 Å². The molecule has 0 bridgehead atoms. The van der Waals surface area contributed by atoms with Crippen LogP contribution < -0.4 is 15.4 Å². The van der Waals surface area contributed by atoms with Gasteiger partial charge < -0.3 is 20.3 Å². The molecule has 0 unspecified atom stereocenters. The first-order valence-corrected chi connectivity index (χ1v) is 10.2. The maximum absolute atomic E-state index is 12.7. The van der Waals surface area contributed by atoms with Crippen molar-refractivity contribution < 1.29 is 19.1 Å². The molecule has 0 aliphatic carbocycles. The number of methoxy groups -OCH3 is 1. The molecule has 166 valence electrons. The largest absolute Gasteiger partial charge is 0.479 e. The van der Waals surface area contributed by atoms with Crippen LogP contribution in [0.15, 0.2) is 36.5 Å². The highest BCUT2D eigenvalue weighted by Crippen LogP contribution is 2.18. The van der Waals surface area contributed by atoms with Crippen molar-refractivity contribution >= 4 is 17.7 Å². The van der Waals surface area contributed by atoms with E-state index in [1.165, 1.54) is 7.11 Å².